The third kappa shape index (κ3) is 4.73. The molecule has 0 saturated carbocycles. The molecule has 4 heteroatoms. The van der Waals surface area contributed by atoms with Gasteiger partial charge in [-0.15, -0.1) is 0 Å². The first-order chi connectivity index (χ1) is 8.17. The van der Waals surface area contributed by atoms with E-state index in [0.29, 0.717) is 19.7 Å². The summed E-state index contributed by atoms with van der Waals surface area (Å²) in [6, 6.07) is 7.44. The third-order valence-electron chi connectivity index (χ3n) is 2.54. The van der Waals surface area contributed by atoms with Crippen molar-refractivity contribution in [2.45, 2.75) is 13.0 Å². The topological polar surface area (TPSA) is 52.9 Å². The van der Waals surface area contributed by atoms with Gasteiger partial charge in [-0.25, -0.2) is 0 Å². The molecule has 0 radical (unpaired) electrons. The molecule has 2 N–H and O–H groups in total. The molecule has 0 aliphatic heterocycles. The Hall–Kier alpha value is -1.10. The van der Waals surface area contributed by atoms with Crippen LogP contribution in [0.25, 0.3) is 0 Å². The molecule has 0 aliphatic rings. The number of aliphatic hydroxyl groups is 2. The Morgan fingerprint density at radius 2 is 1.94 bits per heavy atom. The van der Waals surface area contributed by atoms with Crippen molar-refractivity contribution in [2.24, 2.45) is 0 Å². The Kier molecular flexibility index (Phi) is 5.97. The van der Waals surface area contributed by atoms with E-state index < -0.39 is 6.10 Å². The second-order valence-corrected chi connectivity index (χ2v) is 4.00. The maximum Gasteiger partial charge on any atom is 0.119 e. The normalized spacial score (nSPS) is 12.8. The predicted molar refractivity (Wildman–Crippen MR) is 67.2 cm³/mol. The Morgan fingerprint density at radius 3 is 2.47 bits per heavy atom. The molecule has 4 nitrogen and oxygen atoms in total. The summed E-state index contributed by atoms with van der Waals surface area (Å²) in [5, 5.41) is 18.7. The molecule has 0 heterocycles. The molecule has 0 amide bonds. The predicted octanol–water partition coefficient (Wildman–Crippen LogP) is 1.04. The Labute approximate surface area is 102 Å². The lowest BCUT2D eigenvalue weighted by Gasteiger charge is -2.19. The van der Waals surface area contributed by atoms with Gasteiger partial charge in [0.05, 0.1) is 19.3 Å². The summed E-state index contributed by atoms with van der Waals surface area (Å²) in [4.78, 5) is 1.89. The average Bonchev–Trinajstić information content (AvgIpc) is 2.30. The van der Waals surface area contributed by atoms with Gasteiger partial charge in [-0.3, -0.25) is 0 Å². The summed E-state index contributed by atoms with van der Waals surface area (Å²) < 4.78 is 5.34. The molecule has 0 aliphatic carbocycles. The lowest BCUT2D eigenvalue weighted by atomic mass is 10.1. The quantitative estimate of drug-likeness (QED) is 0.746. The van der Waals surface area contributed by atoms with Crippen LogP contribution in [-0.2, 0) is 0 Å². The van der Waals surface area contributed by atoms with Crippen molar-refractivity contribution in [3.63, 3.8) is 0 Å². The molecule has 1 aromatic rings. The van der Waals surface area contributed by atoms with Crippen LogP contribution < -0.4 is 4.74 Å². The van der Waals surface area contributed by atoms with E-state index in [9.17, 15) is 5.11 Å². The van der Waals surface area contributed by atoms with Gasteiger partial charge in [0.1, 0.15) is 5.75 Å². The van der Waals surface area contributed by atoms with E-state index in [1.807, 2.05) is 43.1 Å². The molecule has 0 aromatic heterocycles. The van der Waals surface area contributed by atoms with Crippen LogP contribution in [0.1, 0.15) is 18.6 Å². The van der Waals surface area contributed by atoms with Gasteiger partial charge in [0.15, 0.2) is 0 Å². The molecular weight excluding hydrogens is 218 g/mol. The molecule has 0 fully saturated rings. The van der Waals surface area contributed by atoms with E-state index in [-0.39, 0.29) is 6.61 Å². The van der Waals surface area contributed by atoms with Crippen molar-refractivity contribution in [1.29, 1.82) is 0 Å². The number of aliphatic hydroxyl groups excluding tert-OH is 2. The van der Waals surface area contributed by atoms with E-state index in [4.69, 9.17) is 9.84 Å². The molecular formula is C13H21NO3. The number of hydrogen-bond acceptors (Lipinski definition) is 4. The fraction of sp³-hybridized carbons (Fsp3) is 0.538. The third-order valence-corrected chi connectivity index (χ3v) is 2.54. The zero-order valence-electron chi connectivity index (χ0n) is 10.5. The summed E-state index contributed by atoms with van der Waals surface area (Å²) >= 11 is 0. The SMILES string of the molecule is CCOc1ccc(C(O)CN(C)CCO)cc1. The highest BCUT2D eigenvalue weighted by Gasteiger charge is 2.10. The van der Waals surface area contributed by atoms with Gasteiger partial charge in [0, 0.05) is 13.1 Å². The molecule has 1 rings (SSSR count). The van der Waals surface area contributed by atoms with E-state index in [1.54, 1.807) is 0 Å². The fourth-order valence-electron chi connectivity index (χ4n) is 1.62. The monoisotopic (exact) mass is 239 g/mol. The summed E-state index contributed by atoms with van der Waals surface area (Å²) in [5.74, 6) is 0.812. The Morgan fingerprint density at radius 1 is 1.29 bits per heavy atom. The molecule has 1 unspecified atom stereocenters. The average molecular weight is 239 g/mol. The molecule has 1 aromatic carbocycles. The maximum atomic E-state index is 9.97. The Bertz CT molecular complexity index is 313. The summed E-state index contributed by atoms with van der Waals surface area (Å²) in [7, 11) is 1.87. The van der Waals surface area contributed by atoms with Crippen LogP contribution in [0.2, 0.25) is 0 Å². The molecule has 0 bridgehead atoms. The van der Waals surface area contributed by atoms with E-state index in [0.717, 1.165) is 11.3 Å². The number of rotatable bonds is 7. The minimum Gasteiger partial charge on any atom is -0.494 e. The molecule has 0 spiro atoms. The van der Waals surface area contributed by atoms with Crippen molar-refractivity contribution >= 4 is 0 Å². The van der Waals surface area contributed by atoms with E-state index >= 15 is 0 Å². The second kappa shape index (κ2) is 7.27. The van der Waals surface area contributed by atoms with Gasteiger partial charge >= 0.3 is 0 Å². The lowest BCUT2D eigenvalue weighted by molar-refractivity contribution is 0.115. The summed E-state index contributed by atoms with van der Waals surface area (Å²) in [5.41, 5.74) is 0.859. The minimum atomic E-state index is -0.540. The summed E-state index contributed by atoms with van der Waals surface area (Å²) in [6.07, 6.45) is -0.540. The van der Waals surface area contributed by atoms with Crippen molar-refractivity contribution in [3.8, 4) is 5.75 Å². The molecule has 0 saturated heterocycles. The summed E-state index contributed by atoms with van der Waals surface area (Å²) in [6.45, 7) is 3.75. The van der Waals surface area contributed by atoms with Gasteiger partial charge < -0.3 is 19.8 Å². The first-order valence-electron chi connectivity index (χ1n) is 5.87. The first-order valence-corrected chi connectivity index (χ1v) is 5.87. The number of likely N-dealkylation sites (N-methyl/N-ethyl adjacent to an activating group) is 1. The molecule has 17 heavy (non-hydrogen) atoms. The highest BCUT2D eigenvalue weighted by atomic mass is 16.5. The largest absolute Gasteiger partial charge is 0.494 e. The van der Waals surface area contributed by atoms with Crippen LogP contribution in [0.4, 0.5) is 0 Å². The van der Waals surface area contributed by atoms with Crippen LogP contribution in [0.5, 0.6) is 5.75 Å². The van der Waals surface area contributed by atoms with Gasteiger partial charge in [-0.05, 0) is 31.7 Å². The van der Waals surface area contributed by atoms with Crippen LogP contribution in [0.3, 0.4) is 0 Å². The molecule has 96 valence electrons. The van der Waals surface area contributed by atoms with E-state index in [1.165, 1.54) is 0 Å². The van der Waals surface area contributed by atoms with Crippen LogP contribution >= 0.6 is 0 Å². The number of benzene rings is 1. The zero-order chi connectivity index (χ0) is 12.7. The van der Waals surface area contributed by atoms with Gasteiger partial charge in [-0.2, -0.15) is 0 Å². The second-order valence-electron chi connectivity index (χ2n) is 4.00. The lowest BCUT2D eigenvalue weighted by Crippen LogP contribution is -2.27. The van der Waals surface area contributed by atoms with Crippen molar-refractivity contribution in [2.75, 3.05) is 33.4 Å². The molecule has 1 atom stereocenters. The minimum absolute atomic E-state index is 0.104. The van der Waals surface area contributed by atoms with Crippen LogP contribution in [0.15, 0.2) is 24.3 Å². The highest BCUT2D eigenvalue weighted by Crippen LogP contribution is 2.18. The Balaban J connectivity index is 2.53. The van der Waals surface area contributed by atoms with E-state index in [2.05, 4.69) is 0 Å². The maximum absolute atomic E-state index is 9.97. The van der Waals surface area contributed by atoms with Gasteiger partial charge in [0.2, 0.25) is 0 Å². The van der Waals surface area contributed by atoms with Crippen molar-refractivity contribution in [3.05, 3.63) is 29.8 Å². The van der Waals surface area contributed by atoms with Gasteiger partial charge in [-0.1, -0.05) is 12.1 Å². The number of hydrogen-bond donors (Lipinski definition) is 2. The van der Waals surface area contributed by atoms with Crippen LogP contribution in [-0.4, -0.2) is 48.5 Å². The van der Waals surface area contributed by atoms with Crippen LogP contribution in [0, 0.1) is 0 Å². The first kappa shape index (κ1) is 14.0. The smallest absolute Gasteiger partial charge is 0.119 e. The fourth-order valence-corrected chi connectivity index (χ4v) is 1.62. The highest BCUT2D eigenvalue weighted by molar-refractivity contribution is 5.28. The van der Waals surface area contributed by atoms with Gasteiger partial charge in [0.25, 0.3) is 0 Å². The van der Waals surface area contributed by atoms with Crippen molar-refractivity contribution in [1.82, 2.24) is 4.90 Å². The number of nitrogens with zero attached hydrogens (tertiary/aromatic N) is 1. The zero-order valence-corrected chi connectivity index (χ0v) is 10.5. The standard InChI is InChI=1S/C13H21NO3/c1-3-17-12-6-4-11(5-7-12)13(16)10-14(2)8-9-15/h4-7,13,15-16H,3,8-10H2,1-2H3. The number of ether oxygens (including phenoxy) is 1. The van der Waals surface area contributed by atoms with Crippen molar-refractivity contribution < 1.29 is 14.9 Å².